The first-order chi connectivity index (χ1) is 13.3. The van der Waals surface area contributed by atoms with Gasteiger partial charge in [0.2, 0.25) is 0 Å². The number of aromatic nitrogens is 8. The number of hydrogen-bond donors (Lipinski definition) is 1. The van der Waals surface area contributed by atoms with Crippen LogP contribution in [-0.2, 0) is 7.05 Å². The maximum atomic E-state index is 4.53. The van der Waals surface area contributed by atoms with Crippen molar-refractivity contribution in [2.45, 2.75) is 13.8 Å². The molecule has 0 aromatic carbocycles. The van der Waals surface area contributed by atoms with Gasteiger partial charge in [-0.3, -0.25) is 9.08 Å². The third-order valence-electron chi connectivity index (χ3n) is 3.99. The van der Waals surface area contributed by atoms with Crippen LogP contribution in [0.4, 0.5) is 11.5 Å². The Bertz CT molecular complexity index is 1200. The van der Waals surface area contributed by atoms with Crippen LogP contribution >= 0.6 is 0 Å². The van der Waals surface area contributed by atoms with E-state index in [0.29, 0.717) is 5.82 Å². The normalized spacial score (nSPS) is 10.8. The average Bonchev–Trinajstić information content (AvgIpc) is 3.42. The molecule has 5 rings (SSSR count). The number of pyridine rings is 1. The van der Waals surface area contributed by atoms with Crippen LogP contribution in [0.1, 0.15) is 13.8 Å². The number of anilines is 2. The average molecular weight is 361 g/mol. The van der Waals surface area contributed by atoms with Crippen molar-refractivity contribution in [1.29, 1.82) is 0 Å². The van der Waals surface area contributed by atoms with Crippen molar-refractivity contribution in [3.05, 3.63) is 55.6 Å². The molecule has 5 heterocycles. The van der Waals surface area contributed by atoms with Gasteiger partial charge in [-0.15, -0.1) is 0 Å². The van der Waals surface area contributed by atoms with E-state index in [1.807, 2.05) is 68.4 Å². The van der Waals surface area contributed by atoms with Crippen molar-refractivity contribution >= 4 is 22.8 Å². The Hall–Kier alpha value is -3.75. The summed E-state index contributed by atoms with van der Waals surface area (Å²) >= 11 is 0. The molecule has 5 aromatic rings. The number of fused-ring (bicyclic) bond motifs is 2. The molecule has 1 N–H and O–H groups in total. The summed E-state index contributed by atoms with van der Waals surface area (Å²) in [6.07, 6.45) is 12.6. The third-order valence-corrected chi connectivity index (χ3v) is 3.99. The monoisotopic (exact) mass is 361 g/mol. The quantitative estimate of drug-likeness (QED) is 0.531. The first kappa shape index (κ1) is 16.7. The van der Waals surface area contributed by atoms with E-state index in [9.17, 15) is 0 Å². The van der Waals surface area contributed by atoms with Gasteiger partial charge in [-0.2, -0.15) is 10.2 Å². The van der Waals surface area contributed by atoms with Crippen LogP contribution in [0.25, 0.3) is 22.6 Å². The summed E-state index contributed by atoms with van der Waals surface area (Å²) < 4.78 is 5.45. The highest BCUT2D eigenvalue weighted by molar-refractivity contribution is 5.79. The van der Waals surface area contributed by atoms with E-state index in [-0.39, 0.29) is 0 Å². The summed E-state index contributed by atoms with van der Waals surface area (Å²) in [5, 5.41) is 11.7. The van der Waals surface area contributed by atoms with Crippen molar-refractivity contribution in [3.63, 3.8) is 0 Å². The zero-order valence-electron chi connectivity index (χ0n) is 15.3. The number of imidazole rings is 1. The molecule has 0 aliphatic heterocycles. The van der Waals surface area contributed by atoms with E-state index in [1.54, 1.807) is 15.4 Å². The van der Waals surface area contributed by atoms with E-state index < -0.39 is 0 Å². The van der Waals surface area contributed by atoms with E-state index in [1.165, 1.54) is 6.33 Å². The summed E-state index contributed by atoms with van der Waals surface area (Å²) in [4.78, 5) is 13.2. The van der Waals surface area contributed by atoms with Crippen molar-refractivity contribution in [3.8, 4) is 11.3 Å². The standard InChI is InChI=1S/C16H13N9.C2H6/c1-23-9-11(7-20-23)13-8-18-16-14(17-4-6-24(13)16)22-12-3-2-5-25-15(12)19-10-21-25;1-2/h2-10H,1H3,(H,17,22);1-2H3. The molecule has 5 aromatic heterocycles. The van der Waals surface area contributed by atoms with Crippen LogP contribution in [0.2, 0.25) is 0 Å². The summed E-state index contributed by atoms with van der Waals surface area (Å²) in [6.45, 7) is 4.00. The molecular weight excluding hydrogens is 342 g/mol. The van der Waals surface area contributed by atoms with E-state index in [4.69, 9.17) is 0 Å². The maximum absolute atomic E-state index is 4.53. The fraction of sp³-hybridized carbons (Fsp3) is 0.167. The Morgan fingerprint density at radius 2 is 1.85 bits per heavy atom. The van der Waals surface area contributed by atoms with Gasteiger partial charge in [0.1, 0.15) is 6.33 Å². The highest BCUT2D eigenvalue weighted by Gasteiger charge is 2.13. The van der Waals surface area contributed by atoms with Gasteiger partial charge in [0.05, 0.1) is 23.8 Å². The van der Waals surface area contributed by atoms with Crippen LogP contribution in [-0.4, -0.2) is 38.7 Å². The lowest BCUT2D eigenvalue weighted by Gasteiger charge is -2.08. The van der Waals surface area contributed by atoms with Gasteiger partial charge in [0, 0.05) is 37.4 Å². The summed E-state index contributed by atoms with van der Waals surface area (Å²) in [5.41, 5.74) is 4.21. The molecule has 0 unspecified atom stereocenters. The number of nitrogens with one attached hydrogen (secondary N) is 1. The fourth-order valence-corrected chi connectivity index (χ4v) is 2.85. The molecule has 0 saturated heterocycles. The molecule has 9 heteroatoms. The highest BCUT2D eigenvalue weighted by atomic mass is 15.3. The topological polar surface area (TPSA) is 90.2 Å². The number of hydrogen-bond acceptors (Lipinski definition) is 6. The predicted molar refractivity (Wildman–Crippen MR) is 103 cm³/mol. The lowest BCUT2D eigenvalue weighted by atomic mass is 10.3. The predicted octanol–water partition coefficient (Wildman–Crippen LogP) is 2.94. The van der Waals surface area contributed by atoms with Crippen LogP contribution in [0.5, 0.6) is 0 Å². The number of rotatable bonds is 3. The molecule has 0 bridgehead atoms. The molecule has 0 spiro atoms. The van der Waals surface area contributed by atoms with Crippen LogP contribution in [0.3, 0.4) is 0 Å². The molecule has 9 nitrogen and oxygen atoms in total. The molecule has 0 saturated carbocycles. The van der Waals surface area contributed by atoms with Crippen molar-refractivity contribution < 1.29 is 0 Å². The summed E-state index contributed by atoms with van der Waals surface area (Å²) in [7, 11) is 1.89. The molecule has 0 atom stereocenters. The lowest BCUT2D eigenvalue weighted by molar-refractivity contribution is 0.768. The minimum absolute atomic E-state index is 0.647. The first-order valence-corrected chi connectivity index (χ1v) is 8.66. The number of nitrogens with zero attached hydrogens (tertiary/aromatic N) is 8. The van der Waals surface area contributed by atoms with Crippen molar-refractivity contribution in [2.24, 2.45) is 7.05 Å². The van der Waals surface area contributed by atoms with Gasteiger partial charge < -0.3 is 5.32 Å². The Morgan fingerprint density at radius 3 is 2.67 bits per heavy atom. The van der Waals surface area contributed by atoms with Gasteiger partial charge in [0.25, 0.3) is 0 Å². The minimum Gasteiger partial charge on any atom is -0.334 e. The zero-order valence-corrected chi connectivity index (χ0v) is 15.3. The van der Waals surface area contributed by atoms with Crippen molar-refractivity contribution in [1.82, 2.24) is 38.7 Å². The largest absolute Gasteiger partial charge is 0.334 e. The van der Waals surface area contributed by atoms with Gasteiger partial charge in [0.15, 0.2) is 17.1 Å². The smallest absolute Gasteiger partial charge is 0.180 e. The summed E-state index contributed by atoms with van der Waals surface area (Å²) in [6, 6.07) is 3.83. The van der Waals surface area contributed by atoms with Crippen LogP contribution in [0.15, 0.2) is 55.6 Å². The molecule has 0 amide bonds. The second kappa shape index (κ2) is 6.87. The zero-order chi connectivity index (χ0) is 18.8. The summed E-state index contributed by atoms with van der Waals surface area (Å²) in [5.74, 6) is 0.647. The van der Waals surface area contributed by atoms with Crippen LogP contribution < -0.4 is 5.32 Å². The Labute approximate surface area is 155 Å². The van der Waals surface area contributed by atoms with E-state index in [2.05, 4.69) is 30.5 Å². The van der Waals surface area contributed by atoms with Gasteiger partial charge in [-0.1, -0.05) is 13.8 Å². The molecular formula is C18H19N9. The minimum atomic E-state index is 0.647. The Kier molecular flexibility index (Phi) is 4.25. The van der Waals surface area contributed by atoms with Crippen molar-refractivity contribution in [2.75, 3.05) is 5.32 Å². The molecule has 0 aliphatic rings. The van der Waals surface area contributed by atoms with E-state index in [0.717, 1.165) is 28.2 Å². The lowest BCUT2D eigenvalue weighted by Crippen LogP contribution is -2.00. The maximum Gasteiger partial charge on any atom is 0.180 e. The Morgan fingerprint density at radius 1 is 0.963 bits per heavy atom. The molecule has 0 radical (unpaired) electrons. The van der Waals surface area contributed by atoms with Gasteiger partial charge >= 0.3 is 0 Å². The van der Waals surface area contributed by atoms with E-state index >= 15 is 0 Å². The number of aryl methyl sites for hydroxylation is 1. The molecule has 0 aliphatic carbocycles. The molecule has 136 valence electrons. The molecule has 0 fully saturated rings. The molecule has 27 heavy (non-hydrogen) atoms. The third kappa shape index (κ3) is 2.88. The van der Waals surface area contributed by atoms with Gasteiger partial charge in [-0.25, -0.2) is 19.5 Å². The highest BCUT2D eigenvalue weighted by Crippen LogP contribution is 2.25. The second-order valence-corrected chi connectivity index (χ2v) is 5.59. The fourth-order valence-electron chi connectivity index (χ4n) is 2.85. The van der Waals surface area contributed by atoms with Crippen LogP contribution in [0, 0.1) is 0 Å². The Balaban J connectivity index is 0.000000872. The van der Waals surface area contributed by atoms with Gasteiger partial charge in [-0.05, 0) is 12.1 Å². The second-order valence-electron chi connectivity index (χ2n) is 5.59. The SMILES string of the molecule is CC.Cn1cc(-c2cnc3c(Nc4cccn5ncnc45)nccn23)cn1. The first-order valence-electron chi connectivity index (χ1n) is 8.66.